The molecule has 1 aliphatic rings. The maximum Gasteiger partial charge on any atom is 0.256 e. The average Bonchev–Trinajstić information content (AvgIpc) is 3.08. The lowest BCUT2D eigenvalue weighted by Crippen LogP contribution is -2.11. The van der Waals surface area contributed by atoms with Crippen molar-refractivity contribution in [1.82, 2.24) is 10.2 Å². The normalized spacial score (nSPS) is 15.4. The SMILES string of the molecule is O=C(Nc1cc(C2CCCC2)[nH]n1)c1cccc(Cl)c1. The first-order valence-corrected chi connectivity index (χ1v) is 7.22. The lowest BCUT2D eigenvalue weighted by molar-refractivity contribution is 0.102. The molecule has 5 heteroatoms. The molecule has 0 spiro atoms. The number of benzene rings is 1. The number of aromatic nitrogens is 2. The van der Waals surface area contributed by atoms with Crippen LogP contribution in [-0.2, 0) is 0 Å². The molecule has 1 amide bonds. The number of nitrogens with zero attached hydrogens (tertiary/aromatic N) is 1. The van der Waals surface area contributed by atoms with E-state index in [0.29, 0.717) is 22.3 Å². The summed E-state index contributed by atoms with van der Waals surface area (Å²) < 4.78 is 0. The Morgan fingerprint density at radius 1 is 1.30 bits per heavy atom. The molecule has 0 bridgehead atoms. The number of halogens is 1. The second kappa shape index (κ2) is 5.67. The maximum absolute atomic E-state index is 12.1. The summed E-state index contributed by atoms with van der Waals surface area (Å²) in [6, 6.07) is 8.79. The third-order valence-electron chi connectivity index (χ3n) is 3.72. The molecule has 0 radical (unpaired) electrons. The number of hydrogen-bond acceptors (Lipinski definition) is 2. The van der Waals surface area contributed by atoms with Gasteiger partial charge in [0, 0.05) is 28.3 Å². The average molecular weight is 290 g/mol. The van der Waals surface area contributed by atoms with Gasteiger partial charge in [0.25, 0.3) is 5.91 Å². The lowest BCUT2D eigenvalue weighted by atomic mass is 10.0. The molecule has 1 aromatic heterocycles. The standard InChI is InChI=1S/C15H16ClN3O/c16-12-7-3-6-11(8-12)15(20)17-14-9-13(18-19-14)10-4-1-2-5-10/h3,6-10H,1-2,4-5H2,(H2,17,18,19,20). The predicted molar refractivity (Wildman–Crippen MR) is 79.2 cm³/mol. The van der Waals surface area contributed by atoms with Crippen LogP contribution >= 0.6 is 11.6 Å². The Bertz CT molecular complexity index is 617. The predicted octanol–water partition coefficient (Wildman–Crippen LogP) is 3.97. The Labute approximate surface area is 122 Å². The van der Waals surface area contributed by atoms with E-state index in [1.165, 1.54) is 25.7 Å². The van der Waals surface area contributed by atoms with Gasteiger partial charge in [-0.1, -0.05) is 30.5 Å². The van der Waals surface area contributed by atoms with Gasteiger partial charge in [0.1, 0.15) is 0 Å². The number of amides is 1. The van der Waals surface area contributed by atoms with Crippen LogP contribution in [0, 0.1) is 0 Å². The summed E-state index contributed by atoms with van der Waals surface area (Å²) in [5, 5.41) is 10.5. The van der Waals surface area contributed by atoms with Gasteiger partial charge in [0.15, 0.2) is 5.82 Å². The Morgan fingerprint density at radius 2 is 2.10 bits per heavy atom. The number of carbonyl (C=O) groups is 1. The van der Waals surface area contributed by atoms with Gasteiger partial charge in [0.2, 0.25) is 0 Å². The van der Waals surface area contributed by atoms with E-state index in [1.807, 2.05) is 6.07 Å². The molecule has 4 nitrogen and oxygen atoms in total. The summed E-state index contributed by atoms with van der Waals surface area (Å²) in [5.74, 6) is 0.924. The molecule has 1 saturated carbocycles. The number of H-pyrrole nitrogens is 1. The van der Waals surface area contributed by atoms with Crippen LogP contribution < -0.4 is 5.32 Å². The molecule has 104 valence electrons. The molecule has 0 unspecified atom stereocenters. The zero-order valence-electron chi connectivity index (χ0n) is 11.0. The van der Waals surface area contributed by atoms with Gasteiger partial charge in [-0.05, 0) is 31.0 Å². The van der Waals surface area contributed by atoms with Crippen molar-refractivity contribution in [2.24, 2.45) is 0 Å². The van der Waals surface area contributed by atoms with Crippen molar-refractivity contribution in [3.63, 3.8) is 0 Å². The van der Waals surface area contributed by atoms with E-state index in [9.17, 15) is 4.79 Å². The van der Waals surface area contributed by atoms with Crippen LogP contribution in [0.15, 0.2) is 30.3 Å². The molecule has 1 aromatic carbocycles. The summed E-state index contributed by atoms with van der Waals surface area (Å²) in [6.45, 7) is 0. The highest BCUT2D eigenvalue weighted by Gasteiger charge is 2.19. The molecular formula is C15H16ClN3O. The van der Waals surface area contributed by atoms with E-state index in [-0.39, 0.29) is 5.91 Å². The Balaban J connectivity index is 1.70. The number of anilines is 1. The van der Waals surface area contributed by atoms with Crippen LogP contribution in [0.2, 0.25) is 5.02 Å². The van der Waals surface area contributed by atoms with Crippen molar-refractivity contribution in [3.05, 3.63) is 46.6 Å². The molecule has 2 aromatic rings. The smallest absolute Gasteiger partial charge is 0.256 e. The third kappa shape index (κ3) is 2.85. The van der Waals surface area contributed by atoms with Crippen molar-refractivity contribution in [2.45, 2.75) is 31.6 Å². The van der Waals surface area contributed by atoms with Gasteiger partial charge in [-0.25, -0.2) is 0 Å². The van der Waals surface area contributed by atoms with E-state index in [4.69, 9.17) is 11.6 Å². The van der Waals surface area contributed by atoms with E-state index in [1.54, 1.807) is 24.3 Å². The van der Waals surface area contributed by atoms with Gasteiger partial charge in [-0.15, -0.1) is 0 Å². The van der Waals surface area contributed by atoms with Crippen molar-refractivity contribution >= 4 is 23.3 Å². The Morgan fingerprint density at radius 3 is 2.85 bits per heavy atom. The van der Waals surface area contributed by atoms with E-state index < -0.39 is 0 Å². The molecule has 1 fully saturated rings. The van der Waals surface area contributed by atoms with Crippen LogP contribution in [-0.4, -0.2) is 16.1 Å². The van der Waals surface area contributed by atoms with E-state index in [0.717, 1.165) is 5.69 Å². The number of carbonyl (C=O) groups excluding carboxylic acids is 1. The summed E-state index contributed by atoms with van der Waals surface area (Å²) in [4.78, 5) is 12.1. The zero-order chi connectivity index (χ0) is 13.9. The zero-order valence-corrected chi connectivity index (χ0v) is 11.8. The number of hydrogen-bond donors (Lipinski definition) is 2. The lowest BCUT2D eigenvalue weighted by Gasteiger charge is -2.04. The highest BCUT2D eigenvalue weighted by atomic mass is 35.5. The summed E-state index contributed by atoms with van der Waals surface area (Å²) in [6.07, 6.45) is 4.94. The van der Waals surface area contributed by atoms with Gasteiger partial charge in [0.05, 0.1) is 0 Å². The molecular weight excluding hydrogens is 274 g/mol. The fourth-order valence-electron chi connectivity index (χ4n) is 2.66. The minimum atomic E-state index is -0.197. The largest absolute Gasteiger partial charge is 0.305 e. The summed E-state index contributed by atoms with van der Waals surface area (Å²) in [5.41, 5.74) is 1.65. The van der Waals surface area contributed by atoms with Crippen molar-refractivity contribution in [3.8, 4) is 0 Å². The van der Waals surface area contributed by atoms with Crippen molar-refractivity contribution in [2.75, 3.05) is 5.32 Å². The molecule has 2 N–H and O–H groups in total. The number of rotatable bonds is 3. The first-order chi connectivity index (χ1) is 9.72. The second-order valence-electron chi connectivity index (χ2n) is 5.15. The maximum atomic E-state index is 12.1. The van der Waals surface area contributed by atoms with Crippen LogP contribution in [0.1, 0.15) is 47.7 Å². The first kappa shape index (κ1) is 13.2. The Hall–Kier alpha value is -1.81. The summed E-state index contributed by atoms with van der Waals surface area (Å²) >= 11 is 5.88. The highest BCUT2D eigenvalue weighted by molar-refractivity contribution is 6.31. The van der Waals surface area contributed by atoms with Crippen LogP contribution in [0.3, 0.4) is 0 Å². The first-order valence-electron chi connectivity index (χ1n) is 6.84. The third-order valence-corrected chi connectivity index (χ3v) is 3.96. The van der Waals surface area contributed by atoms with E-state index in [2.05, 4.69) is 15.5 Å². The monoisotopic (exact) mass is 289 g/mol. The van der Waals surface area contributed by atoms with Crippen LogP contribution in [0.5, 0.6) is 0 Å². The quantitative estimate of drug-likeness (QED) is 0.898. The minimum Gasteiger partial charge on any atom is -0.305 e. The minimum absolute atomic E-state index is 0.197. The fraction of sp³-hybridized carbons (Fsp3) is 0.333. The number of nitrogens with one attached hydrogen (secondary N) is 2. The molecule has 0 aliphatic heterocycles. The molecule has 20 heavy (non-hydrogen) atoms. The molecule has 3 rings (SSSR count). The molecule has 0 saturated heterocycles. The molecule has 0 atom stereocenters. The van der Waals surface area contributed by atoms with Crippen LogP contribution in [0.25, 0.3) is 0 Å². The second-order valence-corrected chi connectivity index (χ2v) is 5.59. The van der Waals surface area contributed by atoms with Crippen molar-refractivity contribution in [1.29, 1.82) is 0 Å². The van der Waals surface area contributed by atoms with E-state index >= 15 is 0 Å². The number of aromatic amines is 1. The van der Waals surface area contributed by atoms with Gasteiger partial charge in [-0.2, -0.15) is 5.10 Å². The van der Waals surface area contributed by atoms with Crippen LogP contribution in [0.4, 0.5) is 5.82 Å². The molecule has 1 heterocycles. The highest BCUT2D eigenvalue weighted by Crippen LogP contribution is 2.33. The van der Waals surface area contributed by atoms with Gasteiger partial charge < -0.3 is 5.32 Å². The summed E-state index contributed by atoms with van der Waals surface area (Å²) in [7, 11) is 0. The molecule has 1 aliphatic carbocycles. The van der Waals surface area contributed by atoms with Gasteiger partial charge >= 0.3 is 0 Å². The van der Waals surface area contributed by atoms with Gasteiger partial charge in [-0.3, -0.25) is 9.89 Å². The Kier molecular flexibility index (Phi) is 3.74. The fourth-order valence-corrected chi connectivity index (χ4v) is 2.86. The topological polar surface area (TPSA) is 57.8 Å². The van der Waals surface area contributed by atoms with Crippen molar-refractivity contribution < 1.29 is 4.79 Å².